The Morgan fingerprint density at radius 2 is 1.55 bits per heavy atom. The normalized spacial score (nSPS) is 22.5. The first-order chi connectivity index (χ1) is 20.3. The molecule has 1 aliphatic carbocycles. The van der Waals surface area contributed by atoms with Crippen molar-refractivity contribution in [3.63, 3.8) is 0 Å². The van der Waals surface area contributed by atoms with Crippen molar-refractivity contribution in [1.29, 1.82) is 0 Å². The number of ether oxygens (including phenoxy) is 1. The molecular weight excluding hydrogens is 571 g/mol. The third-order valence-corrected chi connectivity index (χ3v) is 13.7. The number of fused-ring (bicyclic) bond motifs is 1. The van der Waals surface area contributed by atoms with Crippen molar-refractivity contribution < 1.29 is 21.6 Å². The Morgan fingerprint density at radius 1 is 0.833 bits per heavy atom. The number of piperidine rings is 1. The maximum Gasteiger partial charge on any atom is 0.243 e. The molecule has 1 atom stereocenters. The van der Waals surface area contributed by atoms with Crippen LogP contribution in [-0.4, -0.2) is 68.0 Å². The van der Waals surface area contributed by atoms with E-state index in [0.717, 1.165) is 67.9 Å². The summed E-state index contributed by atoms with van der Waals surface area (Å²) >= 11 is 0. The van der Waals surface area contributed by atoms with Crippen LogP contribution >= 0.6 is 0 Å². The minimum atomic E-state index is -3.68. The van der Waals surface area contributed by atoms with Gasteiger partial charge >= 0.3 is 0 Å². The number of hydrogen-bond acceptors (Lipinski definition) is 6. The van der Waals surface area contributed by atoms with Crippen molar-refractivity contribution >= 4 is 30.8 Å². The van der Waals surface area contributed by atoms with E-state index in [0.29, 0.717) is 37.4 Å². The smallest absolute Gasteiger partial charge is 0.243 e. The van der Waals surface area contributed by atoms with Gasteiger partial charge in [-0.2, -0.15) is 4.31 Å². The van der Waals surface area contributed by atoms with Crippen molar-refractivity contribution in [2.75, 3.05) is 25.4 Å². The van der Waals surface area contributed by atoms with Crippen LogP contribution in [0.15, 0.2) is 71.9 Å². The number of rotatable bonds is 9. The molecule has 226 valence electrons. The highest BCUT2D eigenvalue weighted by atomic mass is 32.2. The van der Waals surface area contributed by atoms with E-state index >= 15 is 0 Å². The molecule has 2 aliphatic heterocycles. The summed E-state index contributed by atoms with van der Waals surface area (Å²) < 4.78 is 63.5. The number of nitrogens with zero attached hydrogens (tertiary/aromatic N) is 3. The summed E-state index contributed by atoms with van der Waals surface area (Å²) in [5.41, 5.74) is 0.213. The van der Waals surface area contributed by atoms with E-state index in [9.17, 15) is 16.8 Å². The van der Waals surface area contributed by atoms with Gasteiger partial charge in [0.1, 0.15) is 5.75 Å². The molecule has 2 aromatic carbocycles. The van der Waals surface area contributed by atoms with Crippen LogP contribution in [0.4, 0.5) is 0 Å². The standard InChI is InChI=1S/C32H41N3O5S2/c36-41(37,34-23-18-32(19-24-34)16-12-28(13-17-32)40-29-14-20-33-21-15-29)25-5-9-27-8-4-22-35(27)42(38,39)31-11-3-7-26-6-1-2-10-30(26)31/h1-3,6-7,10-11,14-15,20-21,27-28H,4-5,8-9,12-13,16-19,22-25H2/t27-/m0/s1. The third-order valence-electron chi connectivity index (χ3n) is 9.72. The van der Waals surface area contributed by atoms with Crippen LogP contribution in [0.5, 0.6) is 5.75 Å². The van der Waals surface area contributed by atoms with Gasteiger partial charge in [0.05, 0.1) is 16.8 Å². The molecule has 0 bridgehead atoms. The van der Waals surface area contributed by atoms with E-state index in [1.54, 1.807) is 33.1 Å². The molecule has 8 nitrogen and oxygen atoms in total. The highest BCUT2D eigenvalue weighted by Crippen LogP contribution is 2.46. The molecule has 1 saturated carbocycles. The second kappa shape index (κ2) is 12.2. The summed E-state index contributed by atoms with van der Waals surface area (Å²) in [6, 6.07) is 16.6. The lowest BCUT2D eigenvalue weighted by Gasteiger charge is -2.45. The van der Waals surface area contributed by atoms with Gasteiger partial charge in [-0.15, -0.1) is 0 Å². The van der Waals surface area contributed by atoms with Gasteiger partial charge in [0.15, 0.2) is 0 Å². The number of pyridine rings is 1. The Bertz CT molecular complexity index is 1570. The fourth-order valence-electron chi connectivity index (χ4n) is 7.26. The fraction of sp³-hybridized carbons (Fsp3) is 0.531. The molecule has 0 radical (unpaired) electrons. The summed E-state index contributed by atoms with van der Waals surface area (Å²) in [6.45, 7) is 1.62. The fourth-order valence-corrected chi connectivity index (χ4v) is 10.7. The van der Waals surface area contributed by atoms with Gasteiger partial charge in [-0.25, -0.2) is 21.1 Å². The number of hydrogen-bond donors (Lipinski definition) is 0. The molecule has 1 spiro atoms. The van der Waals surface area contributed by atoms with E-state index in [2.05, 4.69) is 4.98 Å². The third kappa shape index (κ3) is 6.23. The Morgan fingerprint density at radius 3 is 2.31 bits per heavy atom. The van der Waals surface area contributed by atoms with Gasteiger partial charge in [-0.3, -0.25) is 4.98 Å². The highest BCUT2D eigenvalue weighted by molar-refractivity contribution is 7.89. The van der Waals surface area contributed by atoms with Crippen LogP contribution < -0.4 is 4.74 Å². The number of sulfonamides is 2. The van der Waals surface area contributed by atoms with Crippen LogP contribution in [0.2, 0.25) is 0 Å². The van der Waals surface area contributed by atoms with E-state index in [1.165, 1.54) is 0 Å². The minimum absolute atomic E-state index is 0.0699. The molecule has 10 heteroatoms. The van der Waals surface area contributed by atoms with E-state index in [-0.39, 0.29) is 23.3 Å². The van der Waals surface area contributed by atoms with Gasteiger partial charge in [0.2, 0.25) is 20.0 Å². The molecular formula is C32H41N3O5S2. The van der Waals surface area contributed by atoms with Crippen LogP contribution in [0.1, 0.15) is 64.2 Å². The SMILES string of the molecule is O=S(=O)(CCC[C@@H]1CCCN1S(=O)(=O)c1cccc2ccccc12)N1CCC2(CCC(Oc3ccncc3)CC2)CC1. The molecule has 0 unspecified atom stereocenters. The molecule has 3 aromatic rings. The van der Waals surface area contributed by atoms with E-state index in [4.69, 9.17) is 4.74 Å². The van der Waals surface area contributed by atoms with Gasteiger partial charge in [-0.1, -0.05) is 36.4 Å². The maximum absolute atomic E-state index is 13.7. The average Bonchev–Trinajstić information content (AvgIpc) is 3.48. The molecule has 3 heterocycles. The van der Waals surface area contributed by atoms with Gasteiger partial charge in [-0.05, 0) is 93.2 Å². The van der Waals surface area contributed by atoms with Crippen molar-refractivity contribution in [3.05, 3.63) is 67.0 Å². The molecule has 1 aromatic heterocycles. The lowest BCUT2D eigenvalue weighted by atomic mass is 9.68. The summed E-state index contributed by atoms with van der Waals surface area (Å²) in [5, 5.41) is 1.63. The van der Waals surface area contributed by atoms with Gasteiger partial charge in [0.25, 0.3) is 0 Å². The minimum Gasteiger partial charge on any atom is -0.490 e. The molecule has 42 heavy (non-hydrogen) atoms. The van der Waals surface area contributed by atoms with Crippen molar-refractivity contribution in [1.82, 2.24) is 13.6 Å². The Kier molecular flexibility index (Phi) is 8.60. The summed E-state index contributed by atoms with van der Waals surface area (Å²) in [4.78, 5) is 4.38. The molecule has 6 rings (SSSR count). The second-order valence-electron chi connectivity index (χ2n) is 12.2. The summed E-state index contributed by atoms with van der Waals surface area (Å²) in [5.74, 6) is 0.930. The highest BCUT2D eigenvalue weighted by Gasteiger charge is 2.41. The first kappa shape index (κ1) is 29.5. The van der Waals surface area contributed by atoms with Crippen molar-refractivity contribution in [3.8, 4) is 5.75 Å². The van der Waals surface area contributed by atoms with Gasteiger partial charge in [0, 0.05) is 43.5 Å². The maximum atomic E-state index is 13.7. The summed E-state index contributed by atoms with van der Waals surface area (Å²) in [7, 11) is -7.06. The molecule has 2 saturated heterocycles. The predicted molar refractivity (Wildman–Crippen MR) is 164 cm³/mol. The first-order valence-electron chi connectivity index (χ1n) is 15.3. The molecule has 3 fully saturated rings. The Hall–Kier alpha value is -2.53. The quantitative estimate of drug-likeness (QED) is 0.313. The second-order valence-corrected chi connectivity index (χ2v) is 16.2. The topological polar surface area (TPSA) is 96.9 Å². The van der Waals surface area contributed by atoms with Gasteiger partial charge < -0.3 is 4.74 Å². The molecule has 3 aliphatic rings. The average molecular weight is 612 g/mol. The number of aromatic nitrogens is 1. The largest absolute Gasteiger partial charge is 0.490 e. The van der Waals surface area contributed by atoms with E-state index < -0.39 is 20.0 Å². The van der Waals surface area contributed by atoms with Crippen LogP contribution in [0.3, 0.4) is 0 Å². The lowest BCUT2D eigenvalue weighted by molar-refractivity contribution is 0.0433. The van der Waals surface area contributed by atoms with Crippen LogP contribution in [0.25, 0.3) is 10.8 Å². The lowest BCUT2D eigenvalue weighted by Crippen LogP contribution is -2.46. The first-order valence-corrected chi connectivity index (χ1v) is 18.3. The monoisotopic (exact) mass is 611 g/mol. The van der Waals surface area contributed by atoms with E-state index in [1.807, 2.05) is 42.5 Å². The van der Waals surface area contributed by atoms with Crippen molar-refractivity contribution in [2.45, 2.75) is 81.2 Å². The summed E-state index contributed by atoms with van der Waals surface area (Å²) in [6.07, 6.45) is 12.2. The van der Waals surface area contributed by atoms with Crippen molar-refractivity contribution in [2.24, 2.45) is 5.41 Å². The Labute approximate surface area is 250 Å². The number of benzene rings is 2. The molecule has 0 N–H and O–H groups in total. The molecule has 0 amide bonds. The zero-order valence-corrected chi connectivity index (χ0v) is 25.7. The predicted octanol–water partition coefficient (Wildman–Crippen LogP) is 5.60. The Balaban J connectivity index is 1.00. The zero-order chi connectivity index (χ0) is 29.2. The zero-order valence-electron chi connectivity index (χ0n) is 24.1. The van der Waals surface area contributed by atoms with Crippen LogP contribution in [0, 0.1) is 5.41 Å². The van der Waals surface area contributed by atoms with Crippen LogP contribution in [-0.2, 0) is 20.0 Å².